The smallest absolute Gasteiger partial charge is 0.164 e. The fraction of sp³-hybridized carbons (Fsp3) is 1.00. The number of rotatable bonds is 17. The van der Waals surface area contributed by atoms with Crippen LogP contribution in [0.4, 0.5) is 0 Å². The summed E-state index contributed by atoms with van der Waals surface area (Å²) in [5.74, 6) is 0. The van der Waals surface area contributed by atoms with E-state index in [0.717, 1.165) is 6.54 Å². The molecule has 0 saturated heterocycles. The van der Waals surface area contributed by atoms with Gasteiger partial charge in [-0.3, -0.25) is 0 Å². The highest BCUT2D eigenvalue weighted by Gasteiger charge is 2.09. The molecule has 134 valence electrons. The second-order valence-electron chi connectivity index (χ2n) is 7.56. The molecule has 0 aromatic heterocycles. The summed E-state index contributed by atoms with van der Waals surface area (Å²) in [5.41, 5.74) is 0. The van der Waals surface area contributed by atoms with Crippen molar-refractivity contribution in [1.29, 1.82) is 0 Å². The highest BCUT2D eigenvalue weighted by atomic mass is 35.5. The first-order valence-electron chi connectivity index (χ1n) is 10.1. The molecule has 0 aromatic rings. The number of quaternary nitrogens is 1. The molecule has 0 fully saturated rings. The summed E-state index contributed by atoms with van der Waals surface area (Å²) in [4.78, 5) is 0. The average Bonchev–Trinajstić information content (AvgIpc) is 2.45. The lowest BCUT2D eigenvalue weighted by molar-refractivity contribution is -0.771. The Morgan fingerprint density at radius 2 is 0.773 bits per heavy atom. The van der Waals surface area contributed by atoms with Crippen molar-refractivity contribution in [2.24, 2.45) is 0 Å². The number of unbranched alkanes of at least 4 members (excludes halogenated alkanes) is 15. The molecule has 0 unspecified atom stereocenters. The van der Waals surface area contributed by atoms with Gasteiger partial charge in [-0.05, 0) is 12.8 Å². The number of hydrogen-bond acceptors (Lipinski definition) is 0. The zero-order chi connectivity index (χ0) is 16.5. The van der Waals surface area contributed by atoms with Gasteiger partial charge in [-0.2, -0.15) is 0 Å². The maximum Gasteiger partial charge on any atom is 0.164 e. The van der Waals surface area contributed by atoms with Gasteiger partial charge in [-0.25, -0.2) is 4.00 Å². The number of hydrogen-bond donors (Lipinski definition) is 0. The minimum Gasteiger partial charge on any atom is -0.227 e. The van der Waals surface area contributed by atoms with Crippen LogP contribution in [-0.4, -0.2) is 24.6 Å². The standard InChI is InChI=1S/C20H43ClN/c1-4-5-6-7-8-9-10-11-12-13-14-15-16-17-18-19-20-22(2,3)21/h4-20H2,1-3H3/q+1. The molecule has 22 heavy (non-hydrogen) atoms. The maximum atomic E-state index is 6.14. The molecule has 0 heterocycles. The Labute approximate surface area is 146 Å². The minimum atomic E-state index is 0.596. The van der Waals surface area contributed by atoms with E-state index in [4.69, 9.17) is 11.8 Å². The summed E-state index contributed by atoms with van der Waals surface area (Å²) in [5, 5.41) is 0. The molecule has 0 radical (unpaired) electrons. The highest BCUT2D eigenvalue weighted by Crippen LogP contribution is 2.14. The molecule has 0 aliphatic heterocycles. The van der Waals surface area contributed by atoms with Crippen molar-refractivity contribution in [2.45, 2.75) is 110 Å². The topological polar surface area (TPSA) is 0 Å². The lowest BCUT2D eigenvalue weighted by Crippen LogP contribution is -2.28. The van der Waals surface area contributed by atoms with Crippen LogP contribution in [-0.2, 0) is 0 Å². The molecule has 0 N–H and O–H groups in total. The number of halogens is 1. The Hall–Kier alpha value is 0.250. The van der Waals surface area contributed by atoms with E-state index in [9.17, 15) is 0 Å². The molecule has 0 rings (SSSR count). The van der Waals surface area contributed by atoms with Crippen LogP contribution in [0.3, 0.4) is 0 Å². The van der Waals surface area contributed by atoms with Gasteiger partial charge in [0.25, 0.3) is 0 Å². The average molecular weight is 333 g/mol. The van der Waals surface area contributed by atoms with E-state index in [1.54, 1.807) is 0 Å². The Bertz CT molecular complexity index is 210. The van der Waals surface area contributed by atoms with Crippen molar-refractivity contribution in [3.8, 4) is 0 Å². The third-order valence-corrected chi connectivity index (χ3v) is 4.71. The van der Waals surface area contributed by atoms with Crippen molar-refractivity contribution in [1.82, 2.24) is 0 Å². The molecular weight excluding hydrogens is 290 g/mol. The molecule has 0 amide bonds. The molecule has 0 bridgehead atoms. The van der Waals surface area contributed by atoms with Gasteiger partial charge < -0.3 is 0 Å². The largest absolute Gasteiger partial charge is 0.227 e. The first-order chi connectivity index (χ1) is 10.6. The van der Waals surface area contributed by atoms with Crippen LogP contribution in [0.5, 0.6) is 0 Å². The summed E-state index contributed by atoms with van der Waals surface area (Å²) in [6.07, 6.45) is 22.9. The second kappa shape index (κ2) is 16.1. The van der Waals surface area contributed by atoms with E-state index in [1.807, 2.05) is 0 Å². The SMILES string of the molecule is CCCCCCCCCCCCCCCCCC[N+](C)(C)Cl. The van der Waals surface area contributed by atoms with Crippen LogP contribution in [0, 0.1) is 0 Å². The van der Waals surface area contributed by atoms with Crippen molar-refractivity contribution in [3.05, 3.63) is 0 Å². The Morgan fingerprint density at radius 1 is 0.500 bits per heavy atom. The summed E-state index contributed by atoms with van der Waals surface area (Å²) in [6.45, 7) is 3.39. The fourth-order valence-electron chi connectivity index (χ4n) is 3.04. The van der Waals surface area contributed by atoms with Gasteiger partial charge in [0.1, 0.15) is 0 Å². The van der Waals surface area contributed by atoms with Crippen LogP contribution in [0.1, 0.15) is 110 Å². The van der Waals surface area contributed by atoms with Gasteiger partial charge in [-0.1, -0.05) is 96.8 Å². The van der Waals surface area contributed by atoms with Crippen LogP contribution < -0.4 is 0 Å². The highest BCUT2D eigenvalue weighted by molar-refractivity contribution is 6.06. The van der Waals surface area contributed by atoms with Gasteiger partial charge in [0.2, 0.25) is 0 Å². The Morgan fingerprint density at radius 3 is 1.05 bits per heavy atom. The predicted octanol–water partition coefficient (Wildman–Crippen LogP) is 7.48. The molecule has 0 atom stereocenters. The van der Waals surface area contributed by atoms with Gasteiger partial charge in [-0.15, -0.1) is 0 Å². The molecule has 0 aromatic carbocycles. The van der Waals surface area contributed by atoms with E-state index < -0.39 is 0 Å². The first kappa shape index (κ1) is 22.2. The predicted molar refractivity (Wildman–Crippen MR) is 102 cm³/mol. The molecular formula is C20H43ClN+. The maximum absolute atomic E-state index is 6.14. The van der Waals surface area contributed by atoms with Gasteiger partial charge in [0.15, 0.2) is 11.8 Å². The van der Waals surface area contributed by atoms with Crippen molar-refractivity contribution in [3.63, 3.8) is 0 Å². The molecule has 0 aliphatic carbocycles. The van der Waals surface area contributed by atoms with Crippen LogP contribution in [0.15, 0.2) is 0 Å². The molecule has 0 spiro atoms. The first-order valence-corrected chi connectivity index (χ1v) is 10.4. The van der Waals surface area contributed by atoms with E-state index in [1.165, 1.54) is 103 Å². The Kier molecular flexibility index (Phi) is 16.3. The summed E-state index contributed by atoms with van der Waals surface area (Å²) in [6, 6.07) is 0. The van der Waals surface area contributed by atoms with E-state index in [-0.39, 0.29) is 0 Å². The van der Waals surface area contributed by atoms with E-state index in [0.29, 0.717) is 4.00 Å². The van der Waals surface area contributed by atoms with Crippen molar-refractivity contribution >= 4 is 11.8 Å². The van der Waals surface area contributed by atoms with Gasteiger partial charge in [0, 0.05) is 0 Å². The van der Waals surface area contributed by atoms with E-state index >= 15 is 0 Å². The van der Waals surface area contributed by atoms with Crippen molar-refractivity contribution in [2.75, 3.05) is 20.6 Å². The molecule has 0 saturated carbocycles. The van der Waals surface area contributed by atoms with Crippen LogP contribution in [0.2, 0.25) is 0 Å². The fourth-order valence-corrected chi connectivity index (χ4v) is 3.16. The second-order valence-corrected chi connectivity index (χ2v) is 8.48. The van der Waals surface area contributed by atoms with Crippen LogP contribution >= 0.6 is 11.8 Å². The lowest BCUT2D eigenvalue weighted by Gasteiger charge is -2.17. The Balaban J connectivity index is 3.00. The molecule has 1 nitrogen and oxygen atoms in total. The molecule has 0 aliphatic rings. The van der Waals surface area contributed by atoms with Crippen LogP contribution in [0.25, 0.3) is 0 Å². The lowest BCUT2D eigenvalue weighted by atomic mass is 10.0. The summed E-state index contributed by atoms with van der Waals surface area (Å²) >= 11 is 6.14. The van der Waals surface area contributed by atoms with Gasteiger partial charge >= 0.3 is 0 Å². The normalized spacial score (nSPS) is 12.0. The minimum absolute atomic E-state index is 0.596. The number of nitrogens with zero attached hydrogens (tertiary/aromatic N) is 1. The summed E-state index contributed by atoms with van der Waals surface area (Å²) in [7, 11) is 4.12. The quantitative estimate of drug-likeness (QED) is 0.191. The van der Waals surface area contributed by atoms with Gasteiger partial charge in [0.05, 0.1) is 20.6 Å². The molecule has 2 heteroatoms. The zero-order valence-electron chi connectivity index (χ0n) is 15.8. The monoisotopic (exact) mass is 332 g/mol. The third kappa shape index (κ3) is 20.2. The summed E-state index contributed by atoms with van der Waals surface area (Å²) < 4.78 is 0.596. The third-order valence-electron chi connectivity index (χ3n) is 4.54. The van der Waals surface area contributed by atoms with Crippen molar-refractivity contribution < 1.29 is 4.00 Å². The zero-order valence-corrected chi connectivity index (χ0v) is 16.6. The van der Waals surface area contributed by atoms with E-state index in [2.05, 4.69) is 21.0 Å².